The van der Waals surface area contributed by atoms with Gasteiger partial charge in [0.2, 0.25) is 0 Å². The van der Waals surface area contributed by atoms with Crippen LogP contribution in [0, 0.1) is 0 Å². The first kappa shape index (κ1) is 9.66. The Hall–Kier alpha value is -1.55. The molecule has 2 aromatic rings. The molecule has 0 radical (unpaired) electrons. The Balaban J connectivity index is 1.86. The van der Waals surface area contributed by atoms with Crippen molar-refractivity contribution in [2.24, 2.45) is 0 Å². The molecule has 1 unspecified atom stereocenters. The predicted octanol–water partition coefficient (Wildman–Crippen LogP) is 1.99. The lowest BCUT2D eigenvalue weighted by molar-refractivity contribution is 0.110. The number of nitrogens with one attached hydrogen (secondary N) is 1. The Morgan fingerprint density at radius 1 is 1.50 bits per heavy atom. The maximum atomic E-state index is 9.35. The predicted molar refractivity (Wildman–Crippen MR) is 60.4 cm³/mol. The molecule has 2 N–H and O–H groups in total. The van der Waals surface area contributed by atoms with E-state index in [4.69, 9.17) is 4.74 Å². The van der Waals surface area contributed by atoms with Crippen molar-refractivity contribution < 1.29 is 9.84 Å². The first-order valence-corrected chi connectivity index (χ1v) is 5.60. The summed E-state index contributed by atoms with van der Waals surface area (Å²) in [5, 5.41) is 9.35. The molecule has 0 spiro atoms. The second kappa shape index (κ2) is 3.79. The molecule has 1 saturated heterocycles. The van der Waals surface area contributed by atoms with E-state index in [1.807, 2.05) is 6.07 Å². The van der Waals surface area contributed by atoms with Crippen LogP contribution >= 0.6 is 0 Å². The molecule has 3 rings (SSSR count). The van der Waals surface area contributed by atoms with Gasteiger partial charge in [-0.2, -0.15) is 0 Å². The van der Waals surface area contributed by atoms with Gasteiger partial charge in [-0.05, 0) is 25.0 Å². The molecule has 0 bridgehead atoms. The minimum Gasteiger partial charge on any atom is -0.508 e. The van der Waals surface area contributed by atoms with Crippen molar-refractivity contribution in [3.05, 3.63) is 24.0 Å². The van der Waals surface area contributed by atoms with E-state index in [-0.39, 0.29) is 5.75 Å². The van der Waals surface area contributed by atoms with Gasteiger partial charge >= 0.3 is 0 Å². The Morgan fingerprint density at radius 3 is 3.25 bits per heavy atom. The number of aromatic nitrogens is 2. The van der Waals surface area contributed by atoms with Crippen molar-refractivity contribution in [1.82, 2.24) is 9.97 Å². The van der Waals surface area contributed by atoms with Gasteiger partial charge in [0.1, 0.15) is 11.6 Å². The van der Waals surface area contributed by atoms with Crippen LogP contribution in [0.15, 0.2) is 18.2 Å². The number of aromatic amines is 1. The Morgan fingerprint density at radius 2 is 2.44 bits per heavy atom. The summed E-state index contributed by atoms with van der Waals surface area (Å²) < 4.78 is 5.57. The van der Waals surface area contributed by atoms with Crippen LogP contribution in [-0.2, 0) is 11.2 Å². The molecule has 0 amide bonds. The van der Waals surface area contributed by atoms with Crippen molar-refractivity contribution in [3.8, 4) is 5.75 Å². The minimum atomic E-state index is 0.264. The number of hydrogen-bond acceptors (Lipinski definition) is 3. The number of phenolic OH excluding ortho intramolecular Hbond substituents is 1. The molecule has 1 aliphatic rings. The molecule has 4 heteroatoms. The number of benzene rings is 1. The normalized spacial score (nSPS) is 20.6. The fourth-order valence-electron chi connectivity index (χ4n) is 2.17. The van der Waals surface area contributed by atoms with Gasteiger partial charge in [0.05, 0.1) is 17.1 Å². The first-order valence-electron chi connectivity index (χ1n) is 5.60. The molecule has 84 valence electrons. The summed E-state index contributed by atoms with van der Waals surface area (Å²) in [5.74, 6) is 1.20. The highest BCUT2D eigenvalue weighted by Gasteiger charge is 2.17. The van der Waals surface area contributed by atoms with Crippen LogP contribution in [0.3, 0.4) is 0 Å². The third-order valence-electron chi connectivity index (χ3n) is 2.96. The summed E-state index contributed by atoms with van der Waals surface area (Å²) in [6.45, 7) is 0.867. The summed E-state index contributed by atoms with van der Waals surface area (Å²) in [7, 11) is 0. The molecular weight excluding hydrogens is 204 g/mol. The van der Waals surface area contributed by atoms with Crippen molar-refractivity contribution in [2.75, 3.05) is 6.61 Å². The molecular formula is C12H14N2O2. The van der Waals surface area contributed by atoms with Crippen LogP contribution in [-0.4, -0.2) is 27.8 Å². The number of H-pyrrole nitrogens is 1. The van der Waals surface area contributed by atoms with Crippen LogP contribution in [0.5, 0.6) is 5.75 Å². The van der Waals surface area contributed by atoms with Gasteiger partial charge in [0.15, 0.2) is 0 Å². The van der Waals surface area contributed by atoms with Gasteiger partial charge in [-0.3, -0.25) is 0 Å². The molecule has 1 atom stereocenters. The zero-order chi connectivity index (χ0) is 11.0. The Bertz CT molecular complexity index is 501. The second-order valence-corrected chi connectivity index (χ2v) is 4.22. The molecule has 1 aromatic heterocycles. The number of phenols is 1. The largest absolute Gasteiger partial charge is 0.508 e. The average Bonchev–Trinajstić information content (AvgIpc) is 2.86. The summed E-state index contributed by atoms with van der Waals surface area (Å²) in [4.78, 5) is 7.68. The van der Waals surface area contributed by atoms with E-state index in [0.29, 0.717) is 6.10 Å². The molecule has 1 aromatic carbocycles. The highest BCUT2D eigenvalue weighted by molar-refractivity contribution is 5.76. The number of rotatable bonds is 2. The topological polar surface area (TPSA) is 58.1 Å². The SMILES string of the molecule is Oc1ccc2nc(CC3CCCO3)[nH]c2c1. The van der Waals surface area contributed by atoms with E-state index in [1.165, 1.54) is 0 Å². The van der Waals surface area contributed by atoms with Gasteiger partial charge in [-0.25, -0.2) is 4.98 Å². The standard InChI is InChI=1S/C12H14N2O2/c15-8-3-4-10-11(6-8)14-12(13-10)7-9-2-1-5-16-9/h3-4,6,9,15H,1-2,5,7H2,(H,13,14). The van der Waals surface area contributed by atoms with Gasteiger partial charge in [0.25, 0.3) is 0 Å². The fraction of sp³-hybridized carbons (Fsp3) is 0.417. The maximum Gasteiger partial charge on any atom is 0.117 e. The lowest BCUT2D eigenvalue weighted by Crippen LogP contribution is -2.09. The summed E-state index contributed by atoms with van der Waals surface area (Å²) in [5.41, 5.74) is 1.78. The average molecular weight is 218 g/mol. The zero-order valence-electron chi connectivity index (χ0n) is 8.94. The van der Waals surface area contributed by atoms with E-state index in [2.05, 4.69) is 9.97 Å². The van der Waals surface area contributed by atoms with E-state index >= 15 is 0 Å². The van der Waals surface area contributed by atoms with Crippen molar-refractivity contribution in [2.45, 2.75) is 25.4 Å². The molecule has 16 heavy (non-hydrogen) atoms. The highest BCUT2D eigenvalue weighted by Crippen LogP contribution is 2.20. The van der Waals surface area contributed by atoms with Gasteiger partial charge in [-0.1, -0.05) is 0 Å². The molecule has 1 aliphatic heterocycles. The number of hydrogen-bond donors (Lipinski definition) is 2. The number of ether oxygens (including phenoxy) is 1. The molecule has 4 nitrogen and oxygen atoms in total. The van der Waals surface area contributed by atoms with E-state index in [9.17, 15) is 5.11 Å². The first-order chi connectivity index (χ1) is 7.81. The van der Waals surface area contributed by atoms with Crippen molar-refractivity contribution in [3.63, 3.8) is 0 Å². The van der Waals surface area contributed by atoms with Crippen LogP contribution in [0.4, 0.5) is 0 Å². The Labute approximate surface area is 93.3 Å². The third-order valence-corrected chi connectivity index (χ3v) is 2.96. The van der Waals surface area contributed by atoms with Crippen molar-refractivity contribution in [1.29, 1.82) is 0 Å². The van der Waals surface area contributed by atoms with Crippen LogP contribution < -0.4 is 0 Å². The third kappa shape index (κ3) is 1.76. The molecule has 0 saturated carbocycles. The number of imidazole rings is 1. The second-order valence-electron chi connectivity index (χ2n) is 4.22. The van der Waals surface area contributed by atoms with E-state index < -0.39 is 0 Å². The Kier molecular flexibility index (Phi) is 2.29. The quantitative estimate of drug-likeness (QED) is 0.810. The molecule has 0 aliphatic carbocycles. The van der Waals surface area contributed by atoms with Gasteiger partial charge in [0, 0.05) is 19.1 Å². The minimum absolute atomic E-state index is 0.264. The van der Waals surface area contributed by atoms with Crippen LogP contribution in [0.1, 0.15) is 18.7 Å². The number of fused-ring (bicyclic) bond motifs is 1. The summed E-state index contributed by atoms with van der Waals surface area (Å²) in [6.07, 6.45) is 3.39. The highest BCUT2D eigenvalue weighted by atomic mass is 16.5. The lowest BCUT2D eigenvalue weighted by atomic mass is 10.2. The van der Waals surface area contributed by atoms with Gasteiger partial charge in [-0.15, -0.1) is 0 Å². The summed E-state index contributed by atoms with van der Waals surface area (Å²) in [6, 6.07) is 5.17. The maximum absolute atomic E-state index is 9.35. The van der Waals surface area contributed by atoms with E-state index in [1.54, 1.807) is 12.1 Å². The molecule has 1 fully saturated rings. The lowest BCUT2D eigenvalue weighted by Gasteiger charge is -2.05. The van der Waals surface area contributed by atoms with Crippen LogP contribution in [0.2, 0.25) is 0 Å². The molecule has 2 heterocycles. The van der Waals surface area contributed by atoms with E-state index in [0.717, 1.165) is 42.7 Å². The van der Waals surface area contributed by atoms with Crippen LogP contribution in [0.25, 0.3) is 11.0 Å². The van der Waals surface area contributed by atoms with Crippen molar-refractivity contribution >= 4 is 11.0 Å². The zero-order valence-corrected chi connectivity index (χ0v) is 8.94. The monoisotopic (exact) mass is 218 g/mol. The van der Waals surface area contributed by atoms with Gasteiger partial charge < -0.3 is 14.8 Å². The fourth-order valence-corrected chi connectivity index (χ4v) is 2.17. The number of nitrogens with zero attached hydrogens (tertiary/aromatic N) is 1. The number of aromatic hydroxyl groups is 1. The summed E-state index contributed by atoms with van der Waals surface area (Å²) >= 11 is 0. The smallest absolute Gasteiger partial charge is 0.117 e.